The van der Waals surface area contributed by atoms with E-state index >= 15 is 0 Å². The molecule has 0 spiro atoms. The zero-order valence-corrected chi connectivity index (χ0v) is 13.1. The highest BCUT2D eigenvalue weighted by atomic mass is 16.5. The van der Waals surface area contributed by atoms with Crippen LogP contribution >= 0.6 is 0 Å². The molecule has 24 heavy (non-hydrogen) atoms. The van der Waals surface area contributed by atoms with E-state index in [9.17, 15) is 9.59 Å². The maximum atomic E-state index is 12.8. The summed E-state index contributed by atoms with van der Waals surface area (Å²) in [7, 11) is 1.47. The van der Waals surface area contributed by atoms with Gasteiger partial charge in [0, 0.05) is 29.4 Å². The minimum absolute atomic E-state index is 0.130. The molecule has 2 aromatic heterocycles. The fourth-order valence-electron chi connectivity index (χ4n) is 3.19. The number of pyridine rings is 1. The van der Waals surface area contributed by atoms with E-state index in [1.165, 1.54) is 13.2 Å². The second-order valence-corrected chi connectivity index (χ2v) is 5.75. The summed E-state index contributed by atoms with van der Waals surface area (Å²) >= 11 is 0. The van der Waals surface area contributed by atoms with Crippen molar-refractivity contribution in [2.45, 2.75) is 19.4 Å². The van der Waals surface area contributed by atoms with Gasteiger partial charge in [0.05, 0.1) is 18.8 Å². The predicted molar refractivity (Wildman–Crippen MR) is 89.6 cm³/mol. The molecule has 0 fully saturated rings. The average Bonchev–Trinajstić information content (AvgIpc) is 3.23. The number of amides is 1. The number of anilines is 1. The number of hydrogen-bond donors (Lipinski definition) is 2. The summed E-state index contributed by atoms with van der Waals surface area (Å²) in [5, 5.41) is 10.7. The number of aromatic amines is 1. The number of fused-ring (bicyclic) bond motifs is 2. The Morgan fingerprint density at radius 3 is 3.08 bits per heavy atom. The highest BCUT2D eigenvalue weighted by molar-refractivity contribution is 6.07. The summed E-state index contributed by atoms with van der Waals surface area (Å²) in [4.78, 5) is 24.9. The zero-order chi connectivity index (χ0) is 16.7. The lowest BCUT2D eigenvalue weighted by molar-refractivity contribution is 0.102. The van der Waals surface area contributed by atoms with Crippen molar-refractivity contribution in [3.05, 3.63) is 52.1 Å². The van der Waals surface area contributed by atoms with Gasteiger partial charge in [0.15, 0.2) is 0 Å². The van der Waals surface area contributed by atoms with Crippen molar-refractivity contribution in [1.82, 2.24) is 14.8 Å². The molecule has 7 nitrogen and oxygen atoms in total. The summed E-state index contributed by atoms with van der Waals surface area (Å²) < 4.78 is 6.93. The van der Waals surface area contributed by atoms with E-state index in [0.29, 0.717) is 30.0 Å². The quantitative estimate of drug-likeness (QED) is 0.770. The molecule has 2 N–H and O–H groups in total. The number of methoxy groups -OCH3 is 1. The standard InChI is InChI=1S/C17H16N4O3/c1-24-14-8-15(22)21-6-2-3-13(21)16(14)17(23)19-11-5-4-10-9-18-20-12(10)7-11/h4-5,7-9H,2-3,6H2,1H3,(H,18,20)(H,19,23). The molecule has 3 heterocycles. The first-order chi connectivity index (χ1) is 11.7. The normalized spacial score (nSPS) is 13.0. The lowest BCUT2D eigenvalue weighted by atomic mass is 10.1. The van der Waals surface area contributed by atoms with Crippen LogP contribution in [0, 0.1) is 0 Å². The number of carbonyl (C=O) groups excluding carboxylic acids is 1. The van der Waals surface area contributed by atoms with Gasteiger partial charge in [-0.2, -0.15) is 5.10 Å². The van der Waals surface area contributed by atoms with Gasteiger partial charge in [-0.3, -0.25) is 14.7 Å². The maximum absolute atomic E-state index is 12.8. The van der Waals surface area contributed by atoms with Crippen molar-refractivity contribution in [3.8, 4) is 5.75 Å². The first-order valence-electron chi connectivity index (χ1n) is 7.72. The molecule has 3 aromatic rings. The summed E-state index contributed by atoms with van der Waals surface area (Å²) in [5.41, 5.74) is 2.53. The fourth-order valence-corrected chi connectivity index (χ4v) is 3.19. The molecule has 4 rings (SSSR count). The van der Waals surface area contributed by atoms with Crippen molar-refractivity contribution in [3.63, 3.8) is 0 Å². The van der Waals surface area contributed by atoms with Crippen LogP contribution in [0.2, 0.25) is 0 Å². The molecule has 0 aliphatic carbocycles. The second kappa shape index (κ2) is 5.52. The van der Waals surface area contributed by atoms with E-state index in [2.05, 4.69) is 15.5 Å². The van der Waals surface area contributed by atoms with Crippen LogP contribution in [0.15, 0.2) is 35.3 Å². The number of benzene rings is 1. The van der Waals surface area contributed by atoms with E-state index in [-0.39, 0.29) is 11.5 Å². The Bertz CT molecular complexity index is 1000. The largest absolute Gasteiger partial charge is 0.496 e. The van der Waals surface area contributed by atoms with Crippen molar-refractivity contribution in [2.24, 2.45) is 0 Å². The van der Waals surface area contributed by atoms with Crippen LogP contribution in [0.5, 0.6) is 5.75 Å². The molecule has 1 aromatic carbocycles. The fraction of sp³-hybridized carbons (Fsp3) is 0.235. The Kier molecular flexibility index (Phi) is 3.34. The molecule has 0 atom stereocenters. The lowest BCUT2D eigenvalue weighted by Gasteiger charge is -2.14. The molecule has 0 bridgehead atoms. The summed E-state index contributed by atoms with van der Waals surface area (Å²) in [6.07, 6.45) is 3.26. The Hall–Kier alpha value is -3.09. The smallest absolute Gasteiger partial charge is 0.261 e. The van der Waals surface area contributed by atoms with Gasteiger partial charge >= 0.3 is 0 Å². The number of aromatic nitrogens is 3. The number of ether oxygens (including phenoxy) is 1. The Labute approximate surface area is 137 Å². The van der Waals surface area contributed by atoms with Crippen LogP contribution in [0.1, 0.15) is 22.5 Å². The van der Waals surface area contributed by atoms with E-state index in [4.69, 9.17) is 4.74 Å². The van der Waals surface area contributed by atoms with Gasteiger partial charge in [-0.25, -0.2) is 0 Å². The molecule has 1 aliphatic heterocycles. The molecule has 0 saturated heterocycles. The third-order valence-electron chi connectivity index (χ3n) is 4.32. The van der Waals surface area contributed by atoms with Crippen LogP contribution in [0.3, 0.4) is 0 Å². The summed E-state index contributed by atoms with van der Waals surface area (Å²) in [6, 6.07) is 6.90. The maximum Gasteiger partial charge on any atom is 0.261 e. The van der Waals surface area contributed by atoms with E-state index in [1.807, 2.05) is 18.2 Å². The Morgan fingerprint density at radius 1 is 1.38 bits per heavy atom. The van der Waals surface area contributed by atoms with Crippen LogP contribution in [-0.4, -0.2) is 27.8 Å². The summed E-state index contributed by atoms with van der Waals surface area (Å²) in [5.74, 6) is 0.0321. The second-order valence-electron chi connectivity index (χ2n) is 5.75. The van der Waals surface area contributed by atoms with E-state index in [1.54, 1.807) is 10.8 Å². The van der Waals surface area contributed by atoms with E-state index in [0.717, 1.165) is 23.0 Å². The van der Waals surface area contributed by atoms with Gasteiger partial charge in [0.1, 0.15) is 11.3 Å². The summed E-state index contributed by atoms with van der Waals surface area (Å²) in [6.45, 7) is 0.637. The molecule has 0 unspecified atom stereocenters. The number of nitrogens with one attached hydrogen (secondary N) is 2. The zero-order valence-electron chi connectivity index (χ0n) is 13.1. The average molecular weight is 324 g/mol. The van der Waals surface area contributed by atoms with E-state index < -0.39 is 0 Å². The van der Waals surface area contributed by atoms with Crippen LogP contribution < -0.4 is 15.6 Å². The van der Waals surface area contributed by atoms with Crippen LogP contribution in [0.25, 0.3) is 10.9 Å². The molecule has 1 aliphatic rings. The number of rotatable bonds is 3. The Morgan fingerprint density at radius 2 is 2.25 bits per heavy atom. The van der Waals surface area contributed by atoms with Gasteiger partial charge < -0.3 is 14.6 Å². The Balaban J connectivity index is 1.74. The lowest BCUT2D eigenvalue weighted by Crippen LogP contribution is -2.24. The van der Waals surface area contributed by atoms with Crippen LogP contribution in [0.4, 0.5) is 5.69 Å². The topological polar surface area (TPSA) is 89.0 Å². The minimum atomic E-state index is -0.281. The van der Waals surface area contributed by atoms with Crippen molar-refractivity contribution < 1.29 is 9.53 Å². The minimum Gasteiger partial charge on any atom is -0.496 e. The molecule has 0 radical (unpaired) electrons. The molecule has 7 heteroatoms. The first-order valence-corrected chi connectivity index (χ1v) is 7.72. The molecular weight excluding hydrogens is 308 g/mol. The van der Waals surface area contributed by atoms with Crippen molar-refractivity contribution >= 4 is 22.5 Å². The molecule has 0 saturated carbocycles. The van der Waals surface area contributed by atoms with Gasteiger partial charge in [-0.05, 0) is 31.0 Å². The third-order valence-corrected chi connectivity index (χ3v) is 4.32. The first kappa shape index (κ1) is 14.5. The molecular formula is C17H16N4O3. The number of carbonyl (C=O) groups is 1. The van der Waals surface area contributed by atoms with Gasteiger partial charge in [-0.1, -0.05) is 0 Å². The van der Waals surface area contributed by atoms with Gasteiger partial charge in [-0.15, -0.1) is 0 Å². The van der Waals surface area contributed by atoms with Gasteiger partial charge in [0.2, 0.25) is 0 Å². The third kappa shape index (κ3) is 2.25. The predicted octanol–water partition coefficient (Wildman–Crippen LogP) is 1.93. The number of nitrogens with zero attached hydrogens (tertiary/aromatic N) is 2. The van der Waals surface area contributed by atoms with Crippen LogP contribution in [-0.2, 0) is 13.0 Å². The molecule has 122 valence electrons. The SMILES string of the molecule is COc1cc(=O)n2c(c1C(=O)Nc1ccc3cn[nH]c3c1)CCC2. The monoisotopic (exact) mass is 324 g/mol. The van der Waals surface area contributed by atoms with Crippen molar-refractivity contribution in [1.29, 1.82) is 0 Å². The molecule has 1 amide bonds. The highest BCUT2D eigenvalue weighted by Crippen LogP contribution is 2.26. The number of hydrogen-bond acceptors (Lipinski definition) is 4. The number of H-pyrrole nitrogens is 1. The van der Waals surface area contributed by atoms with Gasteiger partial charge in [0.25, 0.3) is 11.5 Å². The highest BCUT2D eigenvalue weighted by Gasteiger charge is 2.25. The van der Waals surface area contributed by atoms with Crippen molar-refractivity contribution in [2.75, 3.05) is 12.4 Å².